The zero-order valence-electron chi connectivity index (χ0n) is 19.2. The minimum Gasteiger partial charge on any atom is -0.444 e. The molecule has 8 nitrogen and oxygen atoms in total. The monoisotopic (exact) mass is 522 g/mol. The lowest BCUT2D eigenvalue weighted by molar-refractivity contribution is 0.0278. The number of carbonyl (C=O) groups excluding carboxylic acids is 1. The zero-order valence-corrected chi connectivity index (χ0v) is 21.5. The average Bonchev–Trinajstić information content (AvgIpc) is 2.90. The van der Waals surface area contributed by atoms with Gasteiger partial charge < -0.3 is 20.3 Å². The molecule has 1 aromatic rings. The fourth-order valence-electron chi connectivity index (χ4n) is 2.77. The summed E-state index contributed by atoms with van der Waals surface area (Å²) in [5.74, 6) is 1.02. The second-order valence-corrected chi connectivity index (χ2v) is 8.35. The molecule has 0 aliphatic carbocycles. The molecule has 0 aliphatic heterocycles. The van der Waals surface area contributed by atoms with Crippen molar-refractivity contribution >= 4 is 36.0 Å². The number of hydrogen-bond acceptors (Lipinski definition) is 4. The number of halogens is 1. The minimum absolute atomic E-state index is 0. The second kappa shape index (κ2) is 12.9. The van der Waals surface area contributed by atoms with Gasteiger partial charge in [-0.25, -0.2) is 4.79 Å². The first-order chi connectivity index (χ1) is 13.0. The molecular weight excluding hydrogens is 483 g/mol. The van der Waals surface area contributed by atoms with Gasteiger partial charge in [0, 0.05) is 46.0 Å². The van der Waals surface area contributed by atoms with E-state index in [2.05, 4.69) is 40.6 Å². The van der Waals surface area contributed by atoms with Crippen molar-refractivity contribution in [1.82, 2.24) is 25.3 Å². The molecule has 1 rings (SSSR count). The molecule has 0 aliphatic rings. The topological polar surface area (TPSA) is 83.8 Å². The first-order valence-electron chi connectivity index (χ1n) is 9.91. The maximum atomic E-state index is 12.0. The van der Waals surface area contributed by atoms with Gasteiger partial charge in [0.2, 0.25) is 0 Å². The summed E-state index contributed by atoms with van der Waals surface area (Å²) in [6.07, 6.45) is 0.658. The van der Waals surface area contributed by atoms with Crippen molar-refractivity contribution in [2.24, 2.45) is 10.9 Å². The molecule has 0 spiro atoms. The van der Waals surface area contributed by atoms with Crippen molar-refractivity contribution in [2.45, 2.75) is 60.1 Å². The van der Waals surface area contributed by atoms with Gasteiger partial charge in [0.25, 0.3) is 0 Å². The molecule has 0 fully saturated rings. The number of ether oxygens (including phenoxy) is 1. The van der Waals surface area contributed by atoms with Crippen LogP contribution in [0, 0.1) is 19.8 Å². The highest BCUT2D eigenvalue weighted by Gasteiger charge is 2.20. The Morgan fingerprint density at radius 2 is 2.00 bits per heavy atom. The Hall–Kier alpha value is -1.52. The van der Waals surface area contributed by atoms with Crippen molar-refractivity contribution in [2.75, 3.05) is 33.7 Å². The van der Waals surface area contributed by atoms with E-state index < -0.39 is 5.60 Å². The molecule has 0 aromatic carbocycles. The van der Waals surface area contributed by atoms with Crippen LogP contribution < -0.4 is 10.6 Å². The Morgan fingerprint density at radius 1 is 1.34 bits per heavy atom. The second-order valence-electron chi connectivity index (χ2n) is 8.35. The fraction of sp³-hybridized carbons (Fsp3) is 0.750. The molecule has 0 saturated heterocycles. The van der Waals surface area contributed by atoms with E-state index in [1.165, 1.54) is 5.69 Å². The summed E-state index contributed by atoms with van der Waals surface area (Å²) in [6, 6.07) is 2.09. The number of rotatable bonds is 8. The molecule has 9 heteroatoms. The molecule has 1 amide bonds. The quantitative estimate of drug-likeness (QED) is 0.237. The highest BCUT2D eigenvalue weighted by molar-refractivity contribution is 14.0. The maximum absolute atomic E-state index is 12.0. The number of hydrogen-bond donors (Lipinski definition) is 2. The molecular formula is C20H39IN6O2. The molecule has 29 heavy (non-hydrogen) atoms. The SMILES string of the molecule is CN=C(NCCCn1nc(C)cc1C)NCC(C)CN(C)C(=O)OC(C)(C)C.I. The number of nitrogens with zero attached hydrogens (tertiary/aromatic N) is 4. The highest BCUT2D eigenvalue weighted by Crippen LogP contribution is 2.10. The van der Waals surface area contributed by atoms with Crippen LogP contribution in [0.1, 0.15) is 45.5 Å². The van der Waals surface area contributed by atoms with Crippen LogP contribution in [0.25, 0.3) is 0 Å². The van der Waals surface area contributed by atoms with Gasteiger partial charge in [0.15, 0.2) is 5.96 Å². The Balaban J connectivity index is 0.00000784. The molecule has 1 unspecified atom stereocenters. The van der Waals surface area contributed by atoms with Gasteiger partial charge in [-0.05, 0) is 53.0 Å². The molecule has 1 atom stereocenters. The molecule has 0 radical (unpaired) electrons. The van der Waals surface area contributed by atoms with E-state index in [4.69, 9.17) is 4.74 Å². The Kier molecular flexibility index (Phi) is 12.2. The summed E-state index contributed by atoms with van der Waals surface area (Å²) >= 11 is 0. The van der Waals surface area contributed by atoms with Crippen molar-refractivity contribution in [1.29, 1.82) is 0 Å². The summed E-state index contributed by atoms with van der Waals surface area (Å²) in [6.45, 7) is 14.8. The predicted molar refractivity (Wildman–Crippen MR) is 129 cm³/mol. The van der Waals surface area contributed by atoms with E-state index in [1.54, 1.807) is 19.0 Å². The number of amides is 1. The summed E-state index contributed by atoms with van der Waals surface area (Å²) < 4.78 is 7.41. The lowest BCUT2D eigenvalue weighted by atomic mass is 10.1. The molecule has 168 valence electrons. The number of aryl methyl sites for hydroxylation is 3. The Labute approximate surface area is 192 Å². The van der Waals surface area contributed by atoms with Gasteiger partial charge in [0.1, 0.15) is 5.60 Å². The van der Waals surface area contributed by atoms with Crippen LogP contribution in [0.15, 0.2) is 11.1 Å². The van der Waals surface area contributed by atoms with E-state index in [0.717, 1.165) is 31.2 Å². The van der Waals surface area contributed by atoms with E-state index in [9.17, 15) is 4.79 Å². The summed E-state index contributed by atoms with van der Waals surface area (Å²) in [4.78, 5) is 17.9. The third kappa shape index (κ3) is 11.3. The number of aromatic nitrogens is 2. The summed E-state index contributed by atoms with van der Waals surface area (Å²) in [5.41, 5.74) is 1.75. The van der Waals surface area contributed by atoms with E-state index in [1.807, 2.05) is 32.4 Å². The standard InChI is InChI=1S/C20H38N6O2.HI/c1-15(14-25(8)19(27)28-20(4,5)6)13-23-18(21-7)22-10-9-11-26-17(3)12-16(2)24-26;/h12,15H,9-11,13-14H2,1-8H3,(H2,21,22,23);1H. The predicted octanol–water partition coefficient (Wildman–Crippen LogP) is 3.18. The van der Waals surface area contributed by atoms with E-state index in [0.29, 0.717) is 13.1 Å². The van der Waals surface area contributed by atoms with E-state index >= 15 is 0 Å². The number of guanidine groups is 1. The third-order valence-corrected chi connectivity index (χ3v) is 4.07. The number of carbonyl (C=O) groups is 1. The average molecular weight is 522 g/mol. The zero-order chi connectivity index (χ0) is 21.3. The lowest BCUT2D eigenvalue weighted by Gasteiger charge is -2.26. The van der Waals surface area contributed by atoms with Crippen LogP contribution in [0.5, 0.6) is 0 Å². The van der Waals surface area contributed by atoms with Crippen molar-refractivity contribution in [3.05, 3.63) is 17.5 Å². The van der Waals surface area contributed by atoms with Gasteiger partial charge in [-0.15, -0.1) is 24.0 Å². The molecule has 1 aromatic heterocycles. The van der Waals surface area contributed by atoms with Gasteiger partial charge >= 0.3 is 6.09 Å². The van der Waals surface area contributed by atoms with Gasteiger partial charge in [-0.1, -0.05) is 6.92 Å². The highest BCUT2D eigenvalue weighted by atomic mass is 127. The van der Waals surface area contributed by atoms with Crippen LogP contribution >= 0.6 is 24.0 Å². The fourth-order valence-corrected chi connectivity index (χ4v) is 2.77. The van der Waals surface area contributed by atoms with Crippen molar-refractivity contribution in [3.8, 4) is 0 Å². The minimum atomic E-state index is -0.480. The van der Waals surface area contributed by atoms with E-state index in [-0.39, 0.29) is 36.0 Å². The smallest absolute Gasteiger partial charge is 0.410 e. The first kappa shape index (κ1) is 27.5. The van der Waals surface area contributed by atoms with Crippen molar-refractivity contribution < 1.29 is 9.53 Å². The first-order valence-corrected chi connectivity index (χ1v) is 9.91. The Bertz CT molecular complexity index is 654. The normalized spacial score (nSPS) is 12.8. The summed E-state index contributed by atoms with van der Waals surface area (Å²) in [7, 11) is 3.52. The van der Waals surface area contributed by atoms with Gasteiger partial charge in [0.05, 0.1) is 5.69 Å². The number of nitrogens with one attached hydrogen (secondary N) is 2. The maximum Gasteiger partial charge on any atom is 0.410 e. The molecule has 2 N–H and O–H groups in total. The third-order valence-electron chi connectivity index (χ3n) is 4.07. The van der Waals surface area contributed by atoms with Gasteiger partial charge in [-0.2, -0.15) is 5.10 Å². The number of aliphatic imine (C=N–C) groups is 1. The van der Waals surface area contributed by atoms with Crippen LogP contribution in [0.4, 0.5) is 4.79 Å². The Morgan fingerprint density at radius 3 is 2.52 bits per heavy atom. The van der Waals surface area contributed by atoms with Gasteiger partial charge in [-0.3, -0.25) is 9.67 Å². The van der Waals surface area contributed by atoms with Crippen LogP contribution in [-0.4, -0.2) is 66.1 Å². The molecule has 0 saturated carbocycles. The van der Waals surface area contributed by atoms with Crippen LogP contribution in [0.2, 0.25) is 0 Å². The largest absolute Gasteiger partial charge is 0.444 e. The van der Waals surface area contributed by atoms with Crippen LogP contribution in [-0.2, 0) is 11.3 Å². The lowest BCUT2D eigenvalue weighted by Crippen LogP contribution is -2.43. The van der Waals surface area contributed by atoms with Crippen molar-refractivity contribution in [3.63, 3.8) is 0 Å². The summed E-state index contributed by atoms with van der Waals surface area (Å²) in [5, 5.41) is 11.1. The molecule has 0 bridgehead atoms. The molecule has 1 heterocycles. The van der Waals surface area contributed by atoms with Crippen LogP contribution in [0.3, 0.4) is 0 Å².